The van der Waals surface area contributed by atoms with Gasteiger partial charge in [-0.05, 0) is 30.5 Å². The van der Waals surface area contributed by atoms with Crippen LogP contribution in [0.15, 0.2) is 30.0 Å². The third-order valence-corrected chi connectivity index (χ3v) is 3.01. The van der Waals surface area contributed by atoms with Crippen LogP contribution in [0.3, 0.4) is 0 Å². The maximum absolute atomic E-state index is 12.1. The van der Waals surface area contributed by atoms with Crippen LogP contribution in [0.4, 0.5) is 0 Å². The van der Waals surface area contributed by atoms with Crippen molar-refractivity contribution in [3.05, 3.63) is 46.7 Å². The molecular formula is C15H16O3. The average molecular weight is 244 g/mol. The van der Waals surface area contributed by atoms with E-state index in [1.807, 2.05) is 6.07 Å². The van der Waals surface area contributed by atoms with E-state index in [0.29, 0.717) is 23.7 Å². The number of allylic oxidation sites excluding steroid dienone is 2. The van der Waals surface area contributed by atoms with Crippen molar-refractivity contribution in [2.24, 2.45) is 0 Å². The third kappa shape index (κ3) is 2.08. The second-order valence-electron chi connectivity index (χ2n) is 4.59. The molecule has 0 saturated heterocycles. The average Bonchev–Trinajstić information content (AvgIpc) is 2.35. The normalized spacial score (nSPS) is 14.6. The van der Waals surface area contributed by atoms with Crippen LogP contribution in [0.1, 0.15) is 53.0 Å². The number of Topliss-reactive ketones (excluding diaryl/α,β-unsaturated/α-hetero) is 1. The molecular weight excluding hydrogens is 228 g/mol. The second-order valence-corrected chi connectivity index (χ2v) is 4.59. The van der Waals surface area contributed by atoms with E-state index in [1.54, 1.807) is 19.1 Å². The van der Waals surface area contributed by atoms with Gasteiger partial charge in [0.1, 0.15) is 0 Å². The van der Waals surface area contributed by atoms with Crippen LogP contribution in [0, 0.1) is 0 Å². The smallest absolute Gasteiger partial charge is 0.228 e. The predicted molar refractivity (Wildman–Crippen MR) is 68.9 cm³/mol. The number of ketones is 2. The minimum atomic E-state index is -0.207. The fraction of sp³-hybridized carbons (Fsp3) is 0.333. The molecule has 2 rings (SSSR count). The zero-order valence-electron chi connectivity index (χ0n) is 10.8. The van der Waals surface area contributed by atoms with Gasteiger partial charge < -0.3 is 4.74 Å². The molecule has 0 aliphatic heterocycles. The Bertz CT molecular complexity index is 539. The van der Waals surface area contributed by atoms with E-state index in [1.165, 1.54) is 6.08 Å². The van der Waals surface area contributed by atoms with Crippen LogP contribution in [-0.4, -0.2) is 18.2 Å². The summed E-state index contributed by atoms with van der Waals surface area (Å²) < 4.78 is 5.19. The first-order valence-electron chi connectivity index (χ1n) is 6.12. The van der Waals surface area contributed by atoms with E-state index in [4.69, 9.17) is 4.74 Å². The van der Waals surface area contributed by atoms with Gasteiger partial charge in [-0.25, -0.2) is 0 Å². The van der Waals surface area contributed by atoms with E-state index in [9.17, 15) is 9.59 Å². The minimum Gasteiger partial charge on any atom is -0.490 e. The molecule has 0 unspecified atom stereocenters. The van der Waals surface area contributed by atoms with Gasteiger partial charge in [0.05, 0.1) is 6.61 Å². The van der Waals surface area contributed by atoms with Crippen molar-refractivity contribution in [1.82, 2.24) is 0 Å². The fourth-order valence-corrected chi connectivity index (χ4v) is 1.98. The molecule has 0 heterocycles. The molecule has 0 spiro atoms. The van der Waals surface area contributed by atoms with Gasteiger partial charge >= 0.3 is 0 Å². The van der Waals surface area contributed by atoms with Crippen molar-refractivity contribution in [3.8, 4) is 0 Å². The highest BCUT2D eigenvalue weighted by molar-refractivity contribution is 6.23. The molecule has 3 nitrogen and oxygen atoms in total. The first kappa shape index (κ1) is 12.6. The van der Waals surface area contributed by atoms with Gasteiger partial charge in [-0.3, -0.25) is 9.59 Å². The number of hydrogen-bond acceptors (Lipinski definition) is 3. The molecule has 0 saturated carbocycles. The lowest BCUT2D eigenvalue weighted by molar-refractivity contribution is 0.0892. The van der Waals surface area contributed by atoms with Crippen LogP contribution >= 0.6 is 0 Å². The molecule has 0 bridgehead atoms. The first-order chi connectivity index (χ1) is 8.54. The fourth-order valence-electron chi connectivity index (χ4n) is 1.98. The quantitative estimate of drug-likeness (QED) is 0.820. The van der Waals surface area contributed by atoms with Crippen LogP contribution in [0.2, 0.25) is 0 Å². The number of carbonyl (C=O) groups is 2. The molecule has 0 aromatic heterocycles. The van der Waals surface area contributed by atoms with Crippen molar-refractivity contribution in [2.45, 2.75) is 26.7 Å². The Balaban J connectivity index is 2.48. The number of rotatable bonds is 3. The standard InChI is InChI=1S/C15H16O3/c1-4-18-14-8-13(16)12-7-10(9(2)3)5-6-11(12)15(14)17/h5-9H,4H2,1-3H3. The zero-order valence-corrected chi connectivity index (χ0v) is 10.8. The summed E-state index contributed by atoms with van der Waals surface area (Å²) in [6.07, 6.45) is 1.29. The molecule has 94 valence electrons. The number of ether oxygens (including phenoxy) is 1. The van der Waals surface area contributed by atoms with E-state index in [0.717, 1.165) is 5.56 Å². The van der Waals surface area contributed by atoms with Gasteiger partial charge in [0.15, 0.2) is 11.5 Å². The van der Waals surface area contributed by atoms with Crippen LogP contribution < -0.4 is 0 Å². The van der Waals surface area contributed by atoms with Gasteiger partial charge in [-0.15, -0.1) is 0 Å². The minimum absolute atomic E-state index is 0.146. The third-order valence-electron chi connectivity index (χ3n) is 3.01. The van der Waals surface area contributed by atoms with Crippen molar-refractivity contribution in [1.29, 1.82) is 0 Å². The zero-order chi connectivity index (χ0) is 13.3. The van der Waals surface area contributed by atoms with E-state index in [2.05, 4.69) is 13.8 Å². The summed E-state index contributed by atoms with van der Waals surface area (Å²) in [6.45, 7) is 6.27. The number of benzene rings is 1. The molecule has 3 heteroatoms. The van der Waals surface area contributed by atoms with Crippen molar-refractivity contribution < 1.29 is 14.3 Å². The van der Waals surface area contributed by atoms with Crippen LogP contribution in [0.25, 0.3) is 0 Å². The van der Waals surface area contributed by atoms with Gasteiger partial charge in [0.25, 0.3) is 0 Å². The number of hydrogen-bond donors (Lipinski definition) is 0. The Kier molecular flexibility index (Phi) is 3.32. The summed E-state index contributed by atoms with van der Waals surface area (Å²) >= 11 is 0. The maximum atomic E-state index is 12.1. The Hall–Kier alpha value is -1.90. The topological polar surface area (TPSA) is 43.4 Å². The Morgan fingerprint density at radius 1 is 1.17 bits per heavy atom. The number of fused-ring (bicyclic) bond motifs is 1. The molecule has 1 aromatic carbocycles. The summed E-state index contributed by atoms with van der Waals surface area (Å²) in [5, 5.41) is 0. The maximum Gasteiger partial charge on any atom is 0.228 e. The molecule has 1 aromatic rings. The molecule has 0 amide bonds. The first-order valence-corrected chi connectivity index (χ1v) is 6.12. The Morgan fingerprint density at radius 2 is 1.89 bits per heavy atom. The van der Waals surface area contributed by atoms with Crippen LogP contribution in [-0.2, 0) is 4.74 Å². The SMILES string of the molecule is CCOC1=CC(=O)c2cc(C(C)C)ccc2C1=O. The summed E-state index contributed by atoms with van der Waals surface area (Å²) in [6, 6.07) is 5.42. The van der Waals surface area contributed by atoms with Crippen molar-refractivity contribution >= 4 is 11.6 Å². The summed E-state index contributed by atoms with van der Waals surface area (Å²) in [5.74, 6) is 0.111. The predicted octanol–water partition coefficient (Wildman–Crippen LogP) is 3.11. The Morgan fingerprint density at radius 3 is 2.50 bits per heavy atom. The highest BCUT2D eigenvalue weighted by Gasteiger charge is 2.26. The van der Waals surface area contributed by atoms with E-state index >= 15 is 0 Å². The molecule has 0 radical (unpaired) electrons. The van der Waals surface area contributed by atoms with Crippen molar-refractivity contribution in [3.63, 3.8) is 0 Å². The summed E-state index contributed by atoms with van der Waals surface area (Å²) in [5.41, 5.74) is 1.98. The van der Waals surface area contributed by atoms with Gasteiger partial charge in [-0.1, -0.05) is 19.9 Å². The molecule has 1 aliphatic carbocycles. The van der Waals surface area contributed by atoms with Crippen LogP contribution in [0.5, 0.6) is 0 Å². The molecule has 1 aliphatic rings. The second kappa shape index (κ2) is 4.77. The molecule has 0 fully saturated rings. The molecule has 0 N–H and O–H groups in total. The lowest BCUT2D eigenvalue weighted by Crippen LogP contribution is -2.19. The van der Waals surface area contributed by atoms with Gasteiger partial charge in [-0.2, -0.15) is 0 Å². The number of carbonyl (C=O) groups excluding carboxylic acids is 2. The Labute approximate surface area is 106 Å². The van der Waals surface area contributed by atoms with Crippen molar-refractivity contribution in [2.75, 3.05) is 6.61 Å². The van der Waals surface area contributed by atoms with E-state index in [-0.39, 0.29) is 17.3 Å². The molecule has 18 heavy (non-hydrogen) atoms. The van der Waals surface area contributed by atoms with E-state index < -0.39 is 0 Å². The highest BCUT2D eigenvalue weighted by Crippen LogP contribution is 2.25. The van der Waals surface area contributed by atoms with Gasteiger partial charge in [0.2, 0.25) is 5.78 Å². The lowest BCUT2D eigenvalue weighted by atomic mass is 9.89. The van der Waals surface area contributed by atoms with Gasteiger partial charge in [0, 0.05) is 17.2 Å². The molecule has 0 atom stereocenters. The lowest BCUT2D eigenvalue weighted by Gasteiger charge is -2.16. The highest BCUT2D eigenvalue weighted by atomic mass is 16.5. The largest absolute Gasteiger partial charge is 0.490 e. The summed E-state index contributed by atoms with van der Waals surface area (Å²) in [7, 11) is 0. The monoisotopic (exact) mass is 244 g/mol. The summed E-state index contributed by atoms with van der Waals surface area (Å²) in [4.78, 5) is 24.1.